The Balaban J connectivity index is 2.72. The van der Waals surface area contributed by atoms with Crippen LogP contribution in [-0.2, 0) is 0 Å². The van der Waals surface area contributed by atoms with Crippen LogP contribution < -0.4 is 18.9 Å². The van der Waals surface area contributed by atoms with E-state index in [1.165, 1.54) is 39.5 Å². The molecule has 0 aliphatic carbocycles. The summed E-state index contributed by atoms with van der Waals surface area (Å²) in [6.07, 6.45) is 0. The van der Waals surface area contributed by atoms with Gasteiger partial charge >= 0.3 is 6.61 Å². The molecule has 0 saturated heterocycles. The minimum Gasteiger partial charge on any atom is -0.493 e. The molecule has 2 rings (SSSR count). The molecule has 0 unspecified atom stereocenters. The first-order valence-electron chi connectivity index (χ1n) is 7.43. The van der Waals surface area contributed by atoms with Gasteiger partial charge in [0.05, 0.1) is 37.5 Å². The predicted molar refractivity (Wildman–Crippen MR) is 92.4 cm³/mol. The SMILES string of the molecule is COc1cc(C)c(C(=O)c2c(Cl)cccc2OC(F)F)c(OC)c1OC. The number of hydrogen-bond donors (Lipinski definition) is 0. The molecule has 0 saturated carbocycles. The fourth-order valence-corrected chi connectivity index (χ4v) is 2.86. The van der Waals surface area contributed by atoms with Crippen molar-refractivity contribution < 1.29 is 32.5 Å². The average molecular weight is 387 g/mol. The molecule has 0 aliphatic rings. The van der Waals surface area contributed by atoms with Crippen LogP contribution >= 0.6 is 11.6 Å². The molecule has 0 amide bonds. The third-order valence-electron chi connectivity index (χ3n) is 3.67. The van der Waals surface area contributed by atoms with E-state index in [1.54, 1.807) is 13.0 Å². The summed E-state index contributed by atoms with van der Waals surface area (Å²) in [6, 6.07) is 5.65. The zero-order valence-electron chi connectivity index (χ0n) is 14.6. The van der Waals surface area contributed by atoms with E-state index in [4.69, 9.17) is 25.8 Å². The van der Waals surface area contributed by atoms with Crippen LogP contribution in [0, 0.1) is 6.92 Å². The molecular formula is C18H17ClF2O5. The van der Waals surface area contributed by atoms with Crippen LogP contribution in [0.2, 0.25) is 5.02 Å². The third kappa shape index (κ3) is 3.67. The number of hydrogen-bond acceptors (Lipinski definition) is 5. The minimum atomic E-state index is -3.10. The second-order valence-corrected chi connectivity index (χ2v) is 5.57. The highest BCUT2D eigenvalue weighted by Gasteiger charge is 2.28. The highest BCUT2D eigenvalue weighted by Crippen LogP contribution is 2.44. The molecule has 0 spiro atoms. The zero-order valence-corrected chi connectivity index (χ0v) is 15.3. The number of ketones is 1. The molecule has 0 aliphatic heterocycles. The number of aryl methyl sites for hydroxylation is 1. The van der Waals surface area contributed by atoms with Crippen LogP contribution in [0.3, 0.4) is 0 Å². The summed E-state index contributed by atoms with van der Waals surface area (Å²) in [5.74, 6) is -0.290. The standard InChI is InChI=1S/C18H17ClF2O5/c1-9-8-12(23-2)16(24-3)17(25-4)13(9)15(22)14-10(19)6-5-7-11(14)26-18(20)21/h5-8,18H,1-4H3. The maximum atomic E-state index is 13.2. The second kappa shape index (κ2) is 8.23. The molecule has 2 aromatic rings. The third-order valence-corrected chi connectivity index (χ3v) is 3.99. The Morgan fingerprint density at radius 2 is 1.65 bits per heavy atom. The molecule has 5 nitrogen and oxygen atoms in total. The highest BCUT2D eigenvalue weighted by molar-refractivity contribution is 6.35. The van der Waals surface area contributed by atoms with Crippen LogP contribution in [0.1, 0.15) is 21.5 Å². The summed E-state index contributed by atoms with van der Waals surface area (Å²) in [5, 5.41) is -0.0237. The van der Waals surface area contributed by atoms with E-state index in [0.29, 0.717) is 11.3 Å². The van der Waals surface area contributed by atoms with Gasteiger partial charge in [-0.3, -0.25) is 4.79 Å². The Bertz CT molecular complexity index is 824. The summed E-state index contributed by atoms with van der Waals surface area (Å²) >= 11 is 6.10. The number of rotatable bonds is 7. The van der Waals surface area contributed by atoms with Crippen molar-refractivity contribution >= 4 is 17.4 Å². The van der Waals surface area contributed by atoms with Gasteiger partial charge in [-0.05, 0) is 30.7 Å². The highest BCUT2D eigenvalue weighted by atomic mass is 35.5. The molecule has 2 aromatic carbocycles. The Morgan fingerprint density at radius 3 is 2.19 bits per heavy atom. The normalized spacial score (nSPS) is 10.6. The number of benzene rings is 2. The molecule has 26 heavy (non-hydrogen) atoms. The van der Waals surface area contributed by atoms with Gasteiger partial charge in [0.2, 0.25) is 11.5 Å². The molecule has 0 heterocycles. The predicted octanol–water partition coefficient (Wildman–Crippen LogP) is 4.51. The number of alkyl halides is 2. The van der Waals surface area contributed by atoms with Crippen molar-refractivity contribution in [2.75, 3.05) is 21.3 Å². The number of methoxy groups -OCH3 is 3. The Morgan fingerprint density at radius 1 is 1.00 bits per heavy atom. The van der Waals surface area contributed by atoms with Gasteiger partial charge in [0, 0.05) is 0 Å². The molecule has 140 valence electrons. The number of halogens is 3. The fourth-order valence-electron chi connectivity index (χ4n) is 2.60. The van der Waals surface area contributed by atoms with Crippen molar-refractivity contribution in [2.45, 2.75) is 13.5 Å². The van der Waals surface area contributed by atoms with E-state index in [-0.39, 0.29) is 33.4 Å². The Kier molecular flexibility index (Phi) is 6.26. The molecule has 8 heteroatoms. The maximum absolute atomic E-state index is 13.2. The van der Waals surface area contributed by atoms with Crippen molar-refractivity contribution in [1.82, 2.24) is 0 Å². The van der Waals surface area contributed by atoms with Gasteiger partial charge in [-0.1, -0.05) is 17.7 Å². The summed E-state index contributed by atoms with van der Waals surface area (Å²) in [5.41, 5.74) is 0.410. The molecule has 0 radical (unpaired) electrons. The largest absolute Gasteiger partial charge is 0.493 e. The van der Waals surface area contributed by atoms with E-state index in [1.807, 2.05) is 0 Å². The second-order valence-electron chi connectivity index (χ2n) is 5.16. The number of ether oxygens (including phenoxy) is 4. The molecule has 0 N–H and O–H groups in total. The Hall–Kier alpha value is -2.54. The molecule has 0 bridgehead atoms. The van der Waals surface area contributed by atoms with Crippen LogP contribution in [0.5, 0.6) is 23.0 Å². The van der Waals surface area contributed by atoms with Crippen LogP contribution in [0.4, 0.5) is 8.78 Å². The monoisotopic (exact) mass is 386 g/mol. The zero-order chi connectivity index (χ0) is 19.4. The van der Waals surface area contributed by atoms with E-state index < -0.39 is 12.4 Å². The van der Waals surface area contributed by atoms with Crippen molar-refractivity contribution in [2.24, 2.45) is 0 Å². The number of carbonyl (C=O) groups is 1. The van der Waals surface area contributed by atoms with Gasteiger partial charge in [-0.2, -0.15) is 8.78 Å². The summed E-state index contributed by atoms with van der Waals surface area (Å²) in [4.78, 5) is 13.2. The van der Waals surface area contributed by atoms with E-state index in [2.05, 4.69) is 4.74 Å². The lowest BCUT2D eigenvalue weighted by Crippen LogP contribution is -2.12. The fraction of sp³-hybridized carbons (Fsp3) is 0.278. The van der Waals surface area contributed by atoms with Gasteiger partial charge in [-0.25, -0.2) is 0 Å². The van der Waals surface area contributed by atoms with Crippen molar-refractivity contribution in [3.63, 3.8) is 0 Å². The summed E-state index contributed by atoms with van der Waals surface area (Å²) in [6.45, 7) is -1.45. The van der Waals surface area contributed by atoms with Gasteiger partial charge in [0.25, 0.3) is 0 Å². The molecule has 0 atom stereocenters. The van der Waals surface area contributed by atoms with E-state index in [0.717, 1.165) is 0 Å². The van der Waals surface area contributed by atoms with Crippen LogP contribution in [0.15, 0.2) is 24.3 Å². The van der Waals surface area contributed by atoms with Crippen LogP contribution in [-0.4, -0.2) is 33.7 Å². The lowest BCUT2D eigenvalue weighted by atomic mass is 9.96. The van der Waals surface area contributed by atoms with Gasteiger partial charge in [0.1, 0.15) is 5.75 Å². The van der Waals surface area contributed by atoms with E-state index in [9.17, 15) is 13.6 Å². The first-order valence-corrected chi connectivity index (χ1v) is 7.81. The lowest BCUT2D eigenvalue weighted by Gasteiger charge is -2.19. The van der Waals surface area contributed by atoms with Crippen LogP contribution in [0.25, 0.3) is 0 Å². The number of carbonyl (C=O) groups excluding carboxylic acids is 1. The maximum Gasteiger partial charge on any atom is 0.387 e. The molecule has 0 aromatic heterocycles. The van der Waals surface area contributed by atoms with Gasteiger partial charge in [-0.15, -0.1) is 0 Å². The van der Waals surface area contributed by atoms with Crippen molar-refractivity contribution in [1.29, 1.82) is 0 Å². The average Bonchev–Trinajstić information content (AvgIpc) is 2.59. The van der Waals surface area contributed by atoms with Gasteiger partial charge in [0.15, 0.2) is 11.5 Å². The van der Waals surface area contributed by atoms with Crippen molar-refractivity contribution in [3.05, 3.63) is 46.0 Å². The van der Waals surface area contributed by atoms with Gasteiger partial charge < -0.3 is 18.9 Å². The first kappa shape index (κ1) is 19.8. The smallest absolute Gasteiger partial charge is 0.387 e. The summed E-state index contributed by atoms with van der Waals surface area (Å²) < 4.78 is 45.7. The first-order chi connectivity index (χ1) is 12.3. The van der Waals surface area contributed by atoms with Crippen molar-refractivity contribution in [3.8, 4) is 23.0 Å². The quantitative estimate of drug-likeness (QED) is 0.655. The summed E-state index contributed by atoms with van der Waals surface area (Å²) in [7, 11) is 4.20. The molecular weight excluding hydrogens is 370 g/mol. The Labute approximate surface area is 154 Å². The van der Waals surface area contributed by atoms with E-state index >= 15 is 0 Å². The topological polar surface area (TPSA) is 54.0 Å². The lowest BCUT2D eigenvalue weighted by molar-refractivity contribution is -0.0501. The minimum absolute atomic E-state index is 0.0237. The molecule has 0 fully saturated rings.